The van der Waals surface area contributed by atoms with Crippen LogP contribution in [0.25, 0.3) is 10.2 Å². The molecular formula is C24H22N4O4S. The Bertz CT molecular complexity index is 1330. The van der Waals surface area contributed by atoms with Crippen LogP contribution < -0.4 is 10.6 Å². The fourth-order valence-corrected chi connectivity index (χ4v) is 3.78. The van der Waals surface area contributed by atoms with Crippen molar-refractivity contribution in [3.63, 3.8) is 0 Å². The smallest absolute Gasteiger partial charge is 0.339 e. The van der Waals surface area contributed by atoms with Gasteiger partial charge in [0.1, 0.15) is 17.0 Å². The minimum Gasteiger partial charge on any atom is -0.478 e. The van der Waals surface area contributed by atoms with E-state index in [4.69, 9.17) is 4.74 Å². The molecular weight excluding hydrogens is 440 g/mol. The highest BCUT2D eigenvalue weighted by atomic mass is 32.1. The number of aromatic nitrogens is 2. The Kier molecular flexibility index (Phi) is 5.97. The molecule has 0 saturated heterocycles. The van der Waals surface area contributed by atoms with E-state index < -0.39 is 17.5 Å². The van der Waals surface area contributed by atoms with Crippen molar-refractivity contribution in [2.24, 2.45) is 0 Å². The summed E-state index contributed by atoms with van der Waals surface area (Å²) < 4.78 is 6.40. The number of carbonyl (C=O) groups is 2. The fraction of sp³-hybridized carbons (Fsp3) is 0.167. The normalized spacial score (nSPS) is 11.2. The number of nitrogens with zero attached hydrogens (tertiary/aromatic N) is 2. The van der Waals surface area contributed by atoms with Gasteiger partial charge in [-0.2, -0.15) is 0 Å². The molecule has 0 atom stereocenters. The number of hydrogen-bond donors (Lipinski definition) is 3. The molecule has 3 N–H and O–H groups in total. The van der Waals surface area contributed by atoms with E-state index in [9.17, 15) is 14.7 Å². The first kappa shape index (κ1) is 22.2. The number of rotatable bonds is 6. The number of fused-ring (bicyclic) bond motifs is 1. The van der Waals surface area contributed by atoms with Gasteiger partial charge in [0.2, 0.25) is 0 Å². The topological polar surface area (TPSA) is 113 Å². The van der Waals surface area contributed by atoms with Crippen molar-refractivity contribution in [3.8, 4) is 0 Å². The first-order valence-electron chi connectivity index (χ1n) is 10.1. The van der Waals surface area contributed by atoms with Crippen molar-refractivity contribution in [2.75, 3.05) is 10.6 Å². The van der Waals surface area contributed by atoms with Crippen molar-refractivity contribution in [1.82, 2.24) is 9.97 Å². The second-order valence-electron chi connectivity index (χ2n) is 8.28. The van der Waals surface area contributed by atoms with E-state index in [-0.39, 0.29) is 5.56 Å². The Hall–Kier alpha value is -3.98. The van der Waals surface area contributed by atoms with Crippen LogP contribution in [-0.4, -0.2) is 32.6 Å². The van der Waals surface area contributed by atoms with Gasteiger partial charge in [0.15, 0.2) is 0 Å². The van der Waals surface area contributed by atoms with Gasteiger partial charge in [-0.1, -0.05) is 0 Å². The third-order valence-corrected chi connectivity index (χ3v) is 5.33. The summed E-state index contributed by atoms with van der Waals surface area (Å²) in [6.07, 6.45) is 1.30. The minimum atomic E-state index is -1.10. The first-order chi connectivity index (χ1) is 15.7. The second kappa shape index (κ2) is 8.87. The number of benzene rings is 2. The van der Waals surface area contributed by atoms with Crippen molar-refractivity contribution < 1.29 is 19.4 Å². The second-order valence-corrected chi connectivity index (χ2v) is 9.17. The molecule has 0 saturated carbocycles. The van der Waals surface area contributed by atoms with E-state index in [0.29, 0.717) is 22.8 Å². The summed E-state index contributed by atoms with van der Waals surface area (Å²) >= 11 is 1.53. The number of carboxylic acid groups (broad SMARTS) is 1. The fourth-order valence-electron chi connectivity index (χ4n) is 3.06. The highest BCUT2D eigenvalue weighted by molar-refractivity contribution is 7.16. The Labute approximate surface area is 194 Å². The summed E-state index contributed by atoms with van der Waals surface area (Å²) in [4.78, 5) is 32.4. The summed E-state index contributed by atoms with van der Waals surface area (Å²) in [5, 5.41) is 15.9. The Morgan fingerprint density at radius 3 is 2.39 bits per heavy atom. The molecule has 0 unspecified atom stereocenters. The van der Waals surface area contributed by atoms with Crippen LogP contribution in [0, 0.1) is 0 Å². The maximum absolute atomic E-state index is 12.2. The predicted molar refractivity (Wildman–Crippen MR) is 129 cm³/mol. The van der Waals surface area contributed by atoms with E-state index in [2.05, 4.69) is 20.6 Å². The predicted octanol–water partition coefficient (Wildman–Crippen LogP) is 5.83. The molecule has 168 valence electrons. The van der Waals surface area contributed by atoms with E-state index in [1.807, 2.05) is 18.2 Å². The molecule has 8 nitrogen and oxygen atoms in total. The van der Waals surface area contributed by atoms with Gasteiger partial charge in [-0.25, -0.2) is 19.6 Å². The largest absolute Gasteiger partial charge is 0.478 e. The van der Waals surface area contributed by atoms with E-state index in [1.54, 1.807) is 56.6 Å². The molecule has 0 fully saturated rings. The van der Waals surface area contributed by atoms with Crippen LogP contribution in [0.5, 0.6) is 0 Å². The number of ether oxygens (including phenoxy) is 1. The number of carboxylic acids is 1. The Balaban J connectivity index is 1.55. The van der Waals surface area contributed by atoms with Gasteiger partial charge in [-0.3, -0.25) is 0 Å². The van der Waals surface area contributed by atoms with E-state index >= 15 is 0 Å². The SMILES string of the molecule is CC(C)(C)OC(=O)c1ccc(Nc2cc(Nc3ccc4ncsc4c3)ncc2C(=O)O)cc1. The van der Waals surface area contributed by atoms with Crippen LogP contribution in [0.4, 0.5) is 22.9 Å². The van der Waals surface area contributed by atoms with E-state index in [0.717, 1.165) is 15.9 Å². The minimum absolute atomic E-state index is 0.0228. The van der Waals surface area contributed by atoms with Crippen molar-refractivity contribution in [2.45, 2.75) is 26.4 Å². The van der Waals surface area contributed by atoms with Crippen LogP contribution in [0.2, 0.25) is 0 Å². The van der Waals surface area contributed by atoms with Crippen LogP contribution in [0.3, 0.4) is 0 Å². The molecule has 2 heterocycles. The number of aromatic carboxylic acids is 1. The van der Waals surface area contributed by atoms with Gasteiger partial charge in [-0.05, 0) is 63.2 Å². The van der Waals surface area contributed by atoms with Crippen molar-refractivity contribution in [3.05, 3.63) is 71.4 Å². The molecule has 33 heavy (non-hydrogen) atoms. The van der Waals surface area contributed by atoms with Gasteiger partial charge < -0.3 is 20.5 Å². The molecule has 2 aromatic carbocycles. The number of anilines is 4. The third-order valence-electron chi connectivity index (χ3n) is 4.54. The zero-order chi connectivity index (χ0) is 23.6. The van der Waals surface area contributed by atoms with Gasteiger partial charge in [0, 0.05) is 23.6 Å². The average Bonchev–Trinajstić information content (AvgIpc) is 3.21. The molecule has 0 aliphatic carbocycles. The maximum atomic E-state index is 12.2. The standard InChI is InChI=1S/C24H22N4O4S/c1-24(2,3)32-23(31)14-4-6-15(7-5-14)27-19-11-21(25-12-17(19)22(29)30)28-16-8-9-18-20(10-16)33-13-26-18/h4-13H,1-3H3,(H,29,30)(H2,25,27,28). The number of carbonyl (C=O) groups excluding carboxylic acids is 1. The van der Waals surface area contributed by atoms with Crippen LogP contribution in [0.1, 0.15) is 41.5 Å². The van der Waals surface area contributed by atoms with Gasteiger partial charge in [0.05, 0.1) is 27.0 Å². The zero-order valence-electron chi connectivity index (χ0n) is 18.2. The van der Waals surface area contributed by atoms with Crippen molar-refractivity contribution >= 4 is 56.4 Å². The molecule has 2 aromatic heterocycles. The number of pyridine rings is 1. The van der Waals surface area contributed by atoms with Crippen molar-refractivity contribution in [1.29, 1.82) is 0 Å². The molecule has 0 aliphatic heterocycles. The molecule has 4 aromatic rings. The summed E-state index contributed by atoms with van der Waals surface area (Å²) in [5.41, 5.74) is 4.34. The highest BCUT2D eigenvalue weighted by Gasteiger charge is 2.18. The van der Waals surface area contributed by atoms with Gasteiger partial charge in [0.25, 0.3) is 0 Å². The lowest BCUT2D eigenvalue weighted by Crippen LogP contribution is -2.23. The lowest BCUT2D eigenvalue weighted by molar-refractivity contribution is 0.00693. The third kappa shape index (κ3) is 5.45. The van der Waals surface area contributed by atoms with Crippen LogP contribution >= 0.6 is 11.3 Å². The molecule has 0 spiro atoms. The zero-order valence-corrected chi connectivity index (χ0v) is 19.1. The van der Waals surface area contributed by atoms with Gasteiger partial charge >= 0.3 is 11.9 Å². The molecule has 0 amide bonds. The molecule has 4 rings (SSSR count). The average molecular weight is 463 g/mol. The van der Waals surface area contributed by atoms with Crippen LogP contribution in [-0.2, 0) is 4.74 Å². The highest BCUT2D eigenvalue weighted by Crippen LogP contribution is 2.28. The lowest BCUT2D eigenvalue weighted by atomic mass is 10.1. The Morgan fingerprint density at radius 1 is 0.970 bits per heavy atom. The van der Waals surface area contributed by atoms with Crippen LogP contribution in [0.15, 0.2) is 60.2 Å². The number of nitrogens with one attached hydrogen (secondary N) is 2. The monoisotopic (exact) mass is 462 g/mol. The number of thiazole rings is 1. The van der Waals surface area contributed by atoms with E-state index in [1.165, 1.54) is 17.5 Å². The first-order valence-corrected chi connectivity index (χ1v) is 11.0. The summed E-state index contributed by atoms with van der Waals surface area (Å²) in [5.74, 6) is -1.04. The Morgan fingerprint density at radius 2 is 1.70 bits per heavy atom. The summed E-state index contributed by atoms with van der Waals surface area (Å²) in [6, 6.07) is 14.0. The quantitative estimate of drug-likeness (QED) is 0.307. The molecule has 0 bridgehead atoms. The number of hydrogen-bond acceptors (Lipinski definition) is 8. The molecule has 0 aliphatic rings. The number of esters is 1. The molecule has 0 radical (unpaired) electrons. The molecule has 9 heteroatoms. The maximum Gasteiger partial charge on any atom is 0.339 e. The summed E-state index contributed by atoms with van der Waals surface area (Å²) in [6.45, 7) is 5.41. The summed E-state index contributed by atoms with van der Waals surface area (Å²) in [7, 11) is 0. The lowest BCUT2D eigenvalue weighted by Gasteiger charge is -2.19. The van der Waals surface area contributed by atoms with Gasteiger partial charge in [-0.15, -0.1) is 11.3 Å².